The largest absolute Gasteiger partial charge is 0.352 e. The van der Waals surface area contributed by atoms with E-state index in [0.29, 0.717) is 6.54 Å². The van der Waals surface area contributed by atoms with Gasteiger partial charge in [-0.3, -0.25) is 14.6 Å². The molecule has 0 unspecified atom stereocenters. The van der Waals surface area contributed by atoms with Gasteiger partial charge in [-0.05, 0) is 36.6 Å². The highest BCUT2D eigenvalue weighted by Crippen LogP contribution is 2.14. The number of carbonyl (C=O) groups excluding carboxylic acids is 2. The molecule has 0 saturated heterocycles. The van der Waals surface area contributed by atoms with Crippen LogP contribution < -0.4 is 10.6 Å². The van der Waals surface area contributed by atoms with Gasteiger partial charge < -0.3 is 10.6 Å². The van der Waals surface area contributed by atoms with Gasteiger partial charge in [-0.25, -0.2) is 4.39 Å². The summed E-state index contributed by atoms with van der Waals surface area (Å²) in [5, 5.41) is 5.30. The Morgan fingerprint density at radius 1 is 0.893 bits per heavy atom. The highest BCUT2D eigenvalue weighted by molar-refractivity contribution is 6.05. The van der Waals surface area contributed by atoms with E-state index in [1.807, 2.05) is 30.3 Å². The molecule has 142 valence electrons. The molecule has 0 bridgehead atoms. The summed E-state index contributed by atoms with van der Waals surface area (Å²) in [6.45, 7) is 0.513. The minimum atomic E-state index is -0.531. The Bertz CT molecular complexity index is 961. The van der Waals surface area contributed by atoms with Crippen LogP contribution in [-0.2, 0) is 6.42 Å². The van der Waals surface area contributed by atoms with Crippen LogP contribution in [0, 0.1) is 5.82 Å². The lowest BCUT2D eigenvalue weighted by Crippen LogP contribution is -2.25. The summed E-state index contributed by atoms with van der Waals surface area (Å²) in [6, 6.07) is 17.3. The number of aryl methyl sites for hydroxylation is 1. The standard InChI is InChI=1S/C22H20FN3O2/c23-19-10-4-5-11-20(19)26-22(28)18-13-17(14-24-15-18)21(27)25-12-6-9-16-7-2-1-3-8-16/h1-5,7-8,10-11,13-15H,6,9,12H2,(H,25,27)(H,26,28). The summed E-state index contributed by atoms with van der Waals surface area (Å²) in [5.74, 6) is -1.37. The fourth-order valence-corrected chi connectivity index (χ4v) is 2.69. The van der Waals surface area contributed by atoms with Crippen LogP contribution in [0.2, 0.25) is 0 Å². The minimum absolute atomic E-state index is 0.0725. The maximum absolute atomic E-state index is 13.7. The molecule has 0 aliphatic carbocycles. The lowest BCUT2D eigenvalue weighted by atomic mass is 10.1. The normalized spacial score (nSPS) is 10.3. The summed E-state index contributed by atoms with van der Waals surface area (Å²) >= 11 is 0. The molecule has 3 aromatic rings. The fraction of sp³-hybridized carbons (Fsp3) is 0.136. The van der Waals surface area contributed by atoms with Crippen LogP contribution in [0.4, 0.5) is 10.1 Å². The van der Waals surface area contributed by atoms with Gasteiger partial charge in [-0.2, -0.15) is 0 Å². The van der Waals surface area contributed by atoms with E-state index in [1.54, 1.807) is 6.07 Å². The zero-order chi connectivity index (χ0) is 19.8. The Balaban J connectivity index is 1.55. The monoisotopic (exact) mass is 377 g/mol. The summed E-state index contributed by atoms with van der Waals surface area (Å²) in [6.07, 6.45) is 4.40. The third-order valence-electron chi connectivity index (χ3n) is 4.16. The number of hydrogen-bond acceptors (Lipinski definition) is 3. The van der Waals surface area contributed by atoms with Gasteiger partial charge in [0.15, 0.2) is 0 Å². The molecule has 2 N–H and O–H groups in total. The van der Waals surface area contributed by atoms with Crippen LogP contribution in [-0.4, -0.2) is 23.3 Å². The molecule has 0 spiro atoms. The number of amides is 2. The van der Waals surface area contributed by atoms with Crippen molar-refractivity contribution < 1.29 is 14.0 Å². The number of para-hydroxylation sites is 1. The van der Waals surface area contributed by atoms with Crippen molar-refractivity contribution in [3.8, 4) is 0 Å². The molecule has 0 atom stereocenters. The number of pyridine rings is 1. The average molecular weight is 377 g/mol. The maximum Gasteiger partial charge on any atom is 0.257 e. The lowest BCUT2D eigenvalue weighted by Gasteiger charge is -2.08. The Kier molecular flexibility index (Phi) is 6.46. The van der Waals surface area contributed by atoms with Crippen LogP contribution in [0.1, 0.15) is 32.7 Å². The lowest BCUT2D eigenvalue weighted by molar-refractivity contribution is 0.0953. The summed E-state index contributed by atoms with van der Waals surface area (Å²) in [4.78, 5) is 28.6. The van der Waals surface area contributed by atoms with E-state index in [4.69, 9.17) is 0 Å². The summed E-state index contributed by atoms with van der Waals surface area (Å²) in [5.41, 5.74) is 1.74. The number of nitrogens with one attached hydrogen (secondary N) is 2. The van der Waals surface area contributed by atoms with E-state index in [1.165, 1.54) is 42.2 Å². The fourth-order valence-electron chi connectivity index (χ4n) is 2.69. The molecule has 1 heterocycles. The second-order valence-corrected chi connectivity index (χ2v) is 6.24. The van der Waals surface area contributed by atoms with Crippen molar-refractivity contribution in [3.05, 3.63) is 95.6 Å². The van der Waals surface area contributed by atoms with Gasteiger partial charge in [0.05, 0.1) is 16.8 Å². The van der Waals surface area contributed by atoms with Gasteiger partial charge in [-0.1, -0.05) is 42.5 Å². The Hall–Kier alpha value is -3.54. The first-order valence-corrected chi connectivity index (χ1v) is 8.96. The first kappa shape index (κ1) is 19.2. The van der Waals surface area contributed by atoms with Crippen molar-refractivity contribution in [2.24, 2.45) is 0 Å². The minimum Gasteiger partial charge on any atom is -0.352 e. The van der Waals surface area contributed by atoms with E-state index < -0.39 is 11.7 Å². The van der Waals surface area contributed by atoms with Crippen LogP contribution in [0.5, 0.6) is 0 Å². The van der Waals surface area contributed by atoms with Crippen molar-refractivity contribution in [3.63, 3.8) is 0 Å². The van der Waals surface area contributed by atoms with E-state index in [0.717, 1.165) is 12.8 Å². The van der Waals surface area contributed by atoms with E-state index in [-0.39, 0.29) is 22.7 Å². The van der Waals surface area contributed by atoms with E-state index in [2.05, 4.69) is 15.6 Å². The zero-order valence-electron chi connectivity index (χ0n) is 15.2. The summed E-state index contributed by atoms with van der Waals surface area (Å²) in [7, 11) is 0. The van der Waals surface area contributed by atoms with Crippen LogP contribution in [0.15, 0.2) is 73.1 Å². The first-order chi connectivity index (χ1) is 13.6. The van der Waals surface area contributed by atoms with Gasteiger partial charge in [0, 0.05) is 18.9 Å². The second kappa shape index (κ2) is 9.41. The highest BCUT2D eigenvalue weighted by atomic mass is 19.1. The first-order valence-electron chi connectivity index (χ1n) is 8.96. The number of aromatic nitrogens is 1. The van der Waals surface area contributed by atoms with Crippen LogP contribution in [0.3, 0.4) is 0 Å². The molecule has 2 amide bonds. The van der Waals surface area contributed by atoms with E-state index in [9.17, 15) is 14.0 Å². The number of rotatable bonds is 7. The zero-order valence-corrected chi connectivity index (χ0v) is 15.2. The smallest absolute Gasteiger partial charge is 0.257 e. The molecular weight excluding hydrogens is 357 g/mol. The molecule has 28 heavy (non-hydrogen) atoms. The number of halogens is 1. The third-order valence-corrected chi connectivity index (χ3v) is 4.16. The molecule has 1 aromatic heterocycles. The predicted octanol–water partition coefficient (Wildman–Crippen LogP) is 3.84. The van der Waals surface area contributed by atoms with Gasteiger partial charge in [-0.15, -0.1) is 0 Å². The van der Waals surface area contributed by atoms with Crippen molar-refractivity contribution in [1.82, 2.24) is 10.3 Å². The number of anilines is 1. The predicted molar refractivity (Wildman–Crippen MR) is 106 cm³/mol. The summed E-state index contributed by atoms with van der Waals surface area (Å²) < 4.78 is 13.7. The molecule has 5 nitrogen and oxygen atoms in total. The van der Waals surface area contributed by atoms with Crippen molar-refractivity contribution in [2.45, 2.75) is 12.8 Å². The van der Waals surface area contributed by atoms with Crippen molar-refractivity contribution in [1.29, 1.82) is 0 Å². The van der Waals surface area contributed by atoms with E-state index >= 15 is 0 Å². The molecule has 0 fully saturated rings. The third kappa shape index (κ3) is 5.23. The van der Waals surface area contributed by atoms with Crippen LogP contribution in [0.25, 0.3) is 0 Å². The molecule has 2 aromatic carbocycles. The second-order valence-electron chi connectivity index (χ2n) is 6.24. The van der Waals surface area contributed by atoms with Crippen LogP contribution >= 0.6 is 0 Å². The molecule has 0 aliphatic rings. The Morgan fingerprint density at radius 2 is 1.57 bits per heavy atom. The molecule has 0 radical (unpaired) electrons. The molecule has 6 heteroatoms. The number of carbonyl (C=O) groups is 2. The average Bonchev–Trinajstić information content (AvgIpc) is 2.73. The molecule has 0 saturated carbocycles. The number of hydrogen-bond donors (Lipinski definition) is 2. The highest BCUT2D eigenvalue weighted by Gasteiger charge is 2.13. The Morgan fingerprint density at radius 3 is 2.32 bits per heavy atom. The van der Waals surface area contributed by atoms with Gasteiger partial charge in [0.1, 0.15) is 5.82 Å². The van der Waals surface area contributed by atoms with Crippen molar-refractivity contribution >= 4 is 17.5 Å². The molecule has 0 aliphatic heterocycles. The number of benzene rings is 2. The van der Waals surface area contributed by atoms with Gasteiger partial charge in [0.2, 0.25) is 0 Å². The topological polar surface area (TPSA) is 71.1 Å². The van der Waals surface area contributed by atoms with Gasteiger partial charge >= 0.3 is 0 Å². The SMILES string of the molecule is O=C(NCCCc1ccccc1)c1cncc(C(=O)Nc2ccccc2F)c1. The molecule has 3 rings (SSSR count). The van der Waals surface area contributed by atoms with Crippen molar-refractivity contribution in [2.75, 3.05) is 11.9 Å². The van der Waals surface area contributed by atoms with Gasteiger partial charge in [0.25, 0.3) is 11.8 Å². The Labute approximate surface area is 162 Å². The number of nitrogens with zero attached hydrogens (tertiary/aromatic N) is 1. The maximum atomic E-state index is 13.7. The quantitative estimate of drug-likeness (QED) is 0.615. The molecular formula is C22H20FN3O2.